The molecule has 1 unspecified atom stereocenters. The van der Waals surface area contributed by atoms with Gasteiger partial charge in [0, 0.05) is 6.07 Å². The molecule has 0 N–H and O–H groups in total. The zero-order valence-corrected chi connectivity index (χ0v) is 11.1. The van der Waals surface area contributed by atoms with Gasteiger partial charge in [0.15, 0.2) is 6.10 Å². The molecule has 0 radical (unpaired) electrons. The molecule has 92 valence electrons. The highest BCUT2D eigenvalue weighted by atomic mass is 35.5. The van der Waals surface area contributed by atoms with Crippen LogP contribution in [0.3, 0.4) is 0 Å². The predicted molar refractivity (Wildman–Crippen MR) is 67.9 cm³/mol. The van der Waals surface area contributed by atoms with Crippen LogP contribution in [0.4, 0.5) is 0 Å². The van der Waals surface area contributed by atoms with Crippen molar-refractivity contribution in [2.45, 2.75) is 13.0 Å². The van der Waals surface area contributed by atoms with Crippen molar-refractivity contribution in [2.24, 2.45) is 0 Å². The third kappa shape index (κ3) is 3.80. The summed E-state index contributed by atoms with van der Waals surface area (Å²) >= 11 is 17.5. The van der Waals surface area contributed by atoms with Crippen LogP contribution in [0.15, 0.2) is 25.0 Å². The quantitative estimate of drug-likeness (QED) is 0.476. The minimum Gasteiger partial charge on any atom is -0.477 e. The molecule has 0 fully saturated rings. The van der Waals surface area contributed by atoms with E-state index >= 15 is 0 Å². The molecule has 1 aromatic rings. The number of carbonyl (C=O) groups is 1. The van der Waals surface area contributed by atoms with Crippen molar-refractivity contribution in [3.8, 4) is 5.75 Å². The van der Waals surface area contributed by atoms with Gasteiger partial charge < -0.3 is 9.47 Å². The van der Waals surface area contributed by atoms with Crippen LogP contribution in [0, 0.1) is 0 Å². The maximum atomic E-state index is 11.3. The van der Waals surface area contributed by atoms with Gasteiger partial charge >= 0.3 is 5.97 Å². The van der Waals surface area contributed by atoms with E-state index in [1.54, 1.807) is 0 Å². The van der Waals surface area contributed by atoms with Crippen molar-refractivity contribution in [3.05, 3.63) is 40.0 Å². The molecule has 0 aliphatic heterocycles. The molecule has 6 heteroatoms. The molecule has 1 rings (SSSR count). The van der Waals surface area contributed by atoms with Gasteiger partial charge in [-0.05, 0) is 13.0 Å². The van der Waals surface area contributed by atoms with E-state index in [0.717, 1.165) is 6.26 Å². The fourth-order valence-electron chi connectivity index (χ4n) is 1.01. The van der Waals surface area contributed by atoms with E-state index in [-0.39, 0.29) is 15.8 Å². The molecule has 1 atom stereocenters. The van der Waals surface area contributed by atoms with Crippen molar-refractivity contribution >= 4 is 40.8 Å². The highest BCUT2D eigenvalue weighted by Crippen LogP contribution is 2.34. The molecule has 0 bridgehead atoms. The van der Waals surface area contributed by atoms with Crippen LogP contribution in [0.1, 0.15) is 6.92 Å². The molecule has 0 spiro atoms. The van der Waals surface area contributed by atoms with E-state index in [0.29, 0.717) is 5.02 Å². The number of benzene rings is 1. The molecule has 0 aliphatic rings. The number of esters is 1. The summed E-state index contributed by atoms with van der Waals surface area (Å²) in [6, 6.07) is 2.87. The molecule has 0 aliphatic carbocycles. The van der Waals surface area contributed by atoms with E-state index in [4.69, 9.17) is 39.5 Å². The monoisotopic (exact) mass is 294 g/mol. The third-order valence-electron chi connectivity index (χ3n) is 1.81. The standard InChI is InChI=1S/C11H9Cl3O3/c1-3-16-11(15)6(2)17-10-5-8(13)7(12)4-9(10)14/h3-6H,1H2,2H3. The van der Waals surface area contributed by atoms with Crippen molar-refractivity contribution in [1.82, 2.24) is 0 Å². The number of hydrogen-bond acceptors (Lipinski definition) is 3. The Morgan fingerprint density at radius 2 is 1.88 bits per heavy atom. The van der Waals surface area contributed by atoms with Crippen LogP contribution < -0.4 is 4.74 Å². The summed E-state index contributed by atoms with van der Waals surface area (Å²) in [5, 5.41) is 0.860. The van der Waals surface area contributed by atoms with E-state index < -0.39 is 12.1 Å². The Hall–Kier alpha value is -0.900. The average Bonchev–Trinajstić information content (AvgIpc) is 2.26. The second-order valence-corrected chi connectivity index (χ2v) is 4.28. The first kappa shape index (κ1) is 14.2. The van der Waals surface area contributed by atoms with Gasteiger partial charge in [-0.2, -0.15) is 0 Å². The van der Waals surface area contributed by atoms with Gasteiger partial charge in [-0.25, -0.2) is 4.79 Å². The van der Waals surface area contributed by atoms with Crippen molar-refractivity contribution in [3.63, 3.8) is 0 Å². The van der Waals surface area contributed by atoms with Gasteiger partial charge in [-0.15, -0.1) is 0 Å². The Bertz CT molecular complexity index is 446. The Balaban J connectivity index is 2.84. The third-order valence-corrected chi connectivity index (χ3v) is 2.83. The predicted octanol–water partition coefficient (Wildman–Crippen LogP) is 4.10. The normalized spacial score (nSPS) is 11.8. The molecule has 1 aromatic carbocycles. The molecule has 0 aromatic heterocycles. The topological polar surface area (TPSA) is 35.5 Å². The van der Waals surface area contributed by atoms with Crippen LogP contribution in [0.25, 0.3) is 0 Å². The summed E-state index contributed by atoms with van der Waals surface area (Å²) in [5.41, 5.74) is 0. The first-order valence-electron chi connectivity index (χ1n) is 4.58. The first-order valence-corrected chi connectivity index (χ1v) is 5.71. The Kier molecular flexibility index (Phi) is 5.12. The fraction of sp³-hybridized carbons (Fsp3) is 0.182. The van der Waals surface area contributed by atoms with Gasteiger partial charge in [0.2, 0.25) is 0 Å². The lowest BCUT2D eigenvalue weighted by molar-refractivity contribution is -0.145. The minimum absolute atomic E-state index is 0.259. The van der Waals surface area contributed by atoms with Gasteiger partial charge in [0.25, 0.3) is 0 Å². The number of rotatable bonds is 4. The Morgan fingerprint density at radius 3 is 2.47 bits per heavy atom. The molecule has 0 saturated heterocycles. The van der Waals surface area contributed by atoms with E-state index in [2.05, 4.69) is 11.3 Å². The largest absolute Gasteiger partial charge is 0.477 e. The SMILES string of the molecule is C=COC(=O)C(C)Oc1cc(Cl)c(Cl)cc1Cl. The smallest absolute Gasteiger partial charge is 0.351 e. The number of hydrogen-bond donors (Lipinski definition) is 0. The van der Waals surface area contributed by atoms with E-state index in [9.17, 15) is 4.79 Å². The van der Waals surface area contributed by atoms with E-state index in [1.165, 1.54) is 19.1 Å². The summed E-state index contributed by atoms with van der Waals surface area (Å²) in [5.74, 6) is -0.322. The maximum absolute atomic E-state index is 11.3. The van der Waals surface area contributed by atoms with Gasteiger partial charge in [-0.3, -0.25) is 0 Å². The Morgan fingerprint density at radius 1 is 1.29 bits per heavy atom. The van der Waals surface area contributed by atoms with Gasteiger partial charge in [-0.1, -0.05) is 41.4 Å². The summed E-state index contributed by atoms with van der Waals surface area (Å²) in [4.78, 5) is 11.3. The van der Waals surface area contributed by atoms with Crippen LogP contribution in [-0.2, 0) is 9.53 Å². The highest BCUT2D eigenvalue weighted by Gasteiger charge is 2.17. The summed E-state index contributed by atoms with van der Waals surface area (Å²) in [7, 11) is 0. The average molecular weight is 296 g/mol. The second-order valence-electron chi connectivity index (χ2n) is 3.06. The number of ether oxygens (including phenoxy) is 2. The highest BCUT2D eigenvalue weighted by molar-refractivity contribution is 6.43. The zero-order chi connectivity index (χ0) is 13.0. The minimum atomic E-state index is -0.831. The lowest BCUT2D eigenvalue weighted by atomic mass is 10.3. The van der Waals surface area contributed by atoms with Crippen LogP contribution in [-0.4, -0.2) is 12.1 Å². The van der Waals surface area contributed by atoms with Crippen molar-refractivity contribution in [1.29, 1.82) is 0 Å². The number of halogens is 3. The summed E-state index contributed by atoms with van der Waals surface area (Å²) in [6.45, 7) is 4.79. The summed E-state index contributed by atoms with van der Waals surface area (Å²) in [6.07, 6.45) is 0.196. The van der Waals surface area contributed by atoms with Crippen molar-refractivity contribution < 1.29 is 14.3 Å². The number of carbonyl (C=O) groups excluding carboxylic acids is 1. The first-order chi connectivity index (χ1) is 7.95. The molecule has 0 heterocycles. The maximum Gasteiger partial charge on any atom is 0.351 e. The van der Waals surface area contributed by atoms with Gasteiger partial charge in [0.05, 0.1) is 21.3 Å². The zero-order valence-electron chi connectivity index (χ0n) is 8.88. The van der Waals surface area contributed by atoms with Crippen molar-refractivity contribution in [2.75, 3.05) is 0 Å². The van der Waals surface area contributed by atoms with Crippen LogP contribution in [0.2, 0.25) is 15.1 Å². The molecule has 0 saturated carbocycles. The molecule has 3 nitrogen and oxygen atoms in total. The molecule has 17 heavy (non-hydrogen) atoms. The molecular formula is C11H9Cl3O3. The fourth-order valence-corrected chi connectivity index (χ4v) is 1.59. The molecular weight excluding hydrogens is 286 g/mol. The Labute approximate surface area is 114 Å². The molecule has 0 amide bonds. The van der Waals surface area contributed by atoms with Gasteiger partial charge in [0.1, 0.15) is 5.75 Å². The summed E-state index contributed by atoms with van der Waals surface area (Å²) < 4.78 is 9.87. The van der Waals surface area contributed by atoms with E-state index in [1.807, 2.05) is 0 Å². The lowest BCUT2D eigenvalue weighted by Crippen LogP contribution is -2.24. The van der Waals surface area contributed by atoms with Crippen LogP contribution >= 0.6 is 34.8 Å². The lowest BCUT2D eigenvalue weighted by Gasteiger charge is -2.14. The van der Waals surface area contributed by atoms with Crippen LogP contribution in [0.5, 0.6) is 5.75 Å². The second kappa shape index (κ2) is 6.15.